The average Bonchev–Trinajstić information content (AvgIpc) is 1.69. The quantitative estimate of drug-likeness (QED) is 0.301. The predicted molar refractivity (Wildman–Crippen MR) is 30.1 cm³/mol. The van der Waals surface area contributed by atoms with Gasteiger partial charge in [0.1, 0.15) is 0 Å². The molecule has 0 spiro atoms. The Morgan fingerprint density at radius 2 is 2.43 bits per heavy atom. The molecule has 0 saturated heterocycles. The van der Waals surface area contributed by atoms with Gasteiger partial charge in [-0.05, 0) is 13.3 Å². The predicted octanol–water partition coefficient (Wildman–Crippen LogP) is 1.72. The summed E-state index contributed by atoms with van der Waals surface area (Å²) in [5.74, 6) is 0. The summed E-state index contributed by atoms with van der Waals surface area (Å²) in [4.78, 5) is 9.40. The fraction of sp³-hybridized carbons (Fsp3) is 0.600. The van der Waals surface area contributed by atoms with Crippen LogP contribution in [-0.4, -0.2) is 6.54 Å². The number of nitrogens with zero attached hydrogens (tertiary/aromatic N) is 1. The molecule has 0 atom stereocenters. The molecule has 0 unspecified atom stereocenters. The van der Waals surface area contributed by atoms with E-state index in [2.05, 4.69) is 5.18 Å². The molecule has 0 aromatic carbocycles. The molecule has 0 aliphatic carbocycles. The van der Waals surface area contributed by atoms with Gasteiger partial charge in [-0.3, -0.25) is 0 Å². The first-order chi connectivity index (χ1) is 3.41. The largest absolute Gasteiger partial charge is 0.151 e. The Morgan fingerprint density at radius 1 is 1.71 bits per heavy atom. The topological polar surface area (TPSA) is 29.4 Å². The molecule has 2 heteroatoms. The van der Waals surface area contributed by atoms with Crippen LogP contribution in [0.4, 0.5) is 0 Å². The molecule has 2 nitrogen and oxygen atoms in total. The second kappa shape index (κ2) is 5.34. The van der Waals surface area contributed by atoms with Gasteiger partial charge in [0.2, 0.25) is 0 Å². The number of allylic oxidation sites excluding steroid dienone is 1. The maximum absolute atomic E-state index is 9.40. The highest BCUT2D eigenvalue weighted by Crippen LogP contribution is 1.80. The smallest absolute Gasteiger partial charge is 0.0845 e. The van der Waals surface area contributed by atoms with Crippen LogP contribution in [-0.2, 0) is 0 Å². The van der Waals surface area contributed by atoms with E-state index in [4.69, 9.17) is 0 Å². The number of hydrogen-bond acceptors (Lipinski definition) is 2. The molecule has 0 rings (SSSR count). The molecule has 0 aliphatic heterocycles. The van der Waals surface area contributed by atoms with Crippen LogP contribution in [0.1, 0.15) is 13.3 Å². The van der Waals surface area contributed by atoms with Gasteiger partial charge in [0, 0.05) is 0 Å². The van der Waals surface area contributed by atoms with Gasteiger partial charge in [0.05, 0.1) is 6.54 Å². The Morgan fingerprint density at radius 3 is 2.86 bits per heavy atom. The van der Waals surface area contributed by atoms with Crippen molar-refractivity contribution in [3.63, 3.8) is 0 Å². The van der Waals surface area contributed by atoms with E-state index in [-0.39, 0.29) is 0 Å². The highest BCUT2D eigenvalue weighted by atomic mass is 16.3. The monoisotopic (exact) mass is 99.1 g/mol. The van der Waals surface area contributed by atoms with Gasteiger partial charge < -0.3 is 0 Å². The molecule has 0 heterocycles. The lowest BCUT2D eigenvalue weighted by molar-refractivity contribution is 0.995. The van der Waals surface area contributed by atoms with Crippen LogP contribution in [0.15, 0.2) is 17.3 Å². The molecule has 0 aliphatic rings. The van der Waals surface area contributed by atoms with Crippen molar-refractivity contribution in [2.24, 2.45) is 5.18 Å². The van der Waals surface area contributed by atoms with Crippen LogP contribution >= 0.6 is 0 Å². The molecular formula is C5H9NO. The summed E-state index contributed by atoms with van der Waals surface area (Å²) in [5.41, 5.74) is 0. The van der Waals surface area contributed by atoms with E-state index in [1.54, 1.807) is 0 Å². The summed E-state index contributed by atoms with van der Waals surface area (Å²) < 4.78 is 0. The first kappa shape index (κ1) is 6.34. The Bertz CT molecular complexity index is 68.5. The molecule has 0 N–H and O–H groups in total. The molecular weight excluding hydrogens is 90.1 g/mol. The van der Waals surface area contributed by atoms with E-state index in [0.29, 0.717) is 6.54 Å². The molecule has 0 radical (unpaired) electrons. The highest BCUT2D eigenvalue weighted by molar-refractivity contribution is 4.76. The second-order valence-corrected chi connectivity index (χ2v) is 1.21. The normalized spacial score (nSPS) is 9.86. The third-order valence-corrected chi connectivity index (χ3v) is 0.623. The van der Waals surface area contributed by atoms with Gasteiger partial charge in [0.25, 0.3) is 0 Å². The van der Waals surface area contributed by atoms with Crippen LogP contribution in [0.5, 0.6) is 0 Å². The highest BCUT2D eigenvalue weighted by Gasteiger charge is 1.72. The van der Waals surface area contributed by atoms with E-state index in [0.717, 1.165) is 6.42 Å². The van der Waals surface area contributed by atoms with Crippen molar-refractivity contribution in [2.75, 3.05) is 6.54 Å². The van der Waals surface area contributed by atoms with Crippen molar-refractivity contribution in [1.82, 2.24) is 0 Å². The minimum absolute atomic E-state index is 0.407. The van der Waals surface area contributed by atoms with Crippen LogP contribution in [0, 0.1) is 4.91 Å². The lowest BCUT2D eigenvalue weighted by atomic mass is 10.4. The summed E-state index contributed by atoms with van der Waals surface area (Å²) >= 11 is 0. The van der Waals surface area contributed by atoms with Crippen molar-refractivity contribution < 1.29 is 0 Å². The summed E-state index contributed by atoms with van der Waals surface area (Å²) in [6.07, 6.45) is 4.60. The molecule has 0 bridgehead atoms. The van der Waals surface area contributed by atoms with Crippen molar-refractivity contribution in [1.29, 1.82) is 0 Å². The van der Waals surface area contributed by atoms with Gasteiger partial charge in [0.15, 0.2) is 0 Å². The first-order valence-electron chi connectivity index (χ1n) is 2.32. The number of hydrogen-bond donors (Lipinski definition) is 0. The fourth-order valence-electron chi connectivity index (χ4n) is 0.294. The van der Waals surface area contributed by atoms with E-state index in [1.807, 2.05) is 19.1 Å². The van der Waals surface area contributed by atoms with Gasteiger partial charge in [-0.1, -0.05) is 17.3 Å². The zero-order valence-corrected chi connectivity index (χ0v) is 4.42. The second-order valence-electron chi connectivity index (χ2n) is 1.21. The number of nitroso groups, excluding NO2 is 1. The summed E-state index contributed by atoms with van der Waals surface area (Å²) in [5, 5.41) is 2.67. The van der Waals surface area contributed by atoms with Crippen molar-refractivity contribution in [3.05, 3.63) is 17.1 Å². The van der Waals surface area contributed by atoms with Crippen molar-refractivity contribution >= 4 is 0 Å². The zero-order valence-electron chi connectivity index (χ0n) is 4.42. The molecule has 0 saturated carbocycles. The third-order valence-electron chi connectivity index (χ3n) is 0.623. The fourth-order valence-corrected chi connectivity index (χ4v) is 0.294. The average molecular weight is 99.1 g/mol. The molecule has 0 amide bonds. The third kappa shape index (κ3) is 5.34. The summed E-state index contributed by atoms with van der Waals surface area (Å²) in [7, 11) is 0. The minimum Gasteiger partial charge on any atom is -0.151 e. The maximum Gasteiger partial charge on any atom is 0.0845 e. The van der Waals surface area contributed by atoms with E-state index in [9.17, 15) is 4.91 Å². The maximum atomic E-state index is 9.40. The van der Waals surface area contributed by atoms with E-state index >= 15 is 0 Å². The lowest BCUT2D eigenvalue weighted by Crippen LogP contribution is -1.69. The van der Waals surface area contributed by atoms with E-state index in [1.165, 1.54) is 0 Å². The van der Waals surface area contributed by atoms with Crippen molar-refractivity contribution in [2.45, 2.75) is 13.3 Å². The Balaban J connectivity index is 2.82. The van der Waals surface area contributed by atoms with Crippen molar-refractivity contribution in [3.8, 4) is 0 Å². The molecule has 7 heavy (non-hydrogen) atoms. The van der Waals surface area contributed by atoms with Gasteiger partial charge in [-0.2, -0.15) is 4.91 Å². The van der Waals surface area contributed by atoms with E-state index < -0.39 is 0 Å². The molecule has 40 valence electrons. The van der Waals surface area contributed by atoms with Crippen LogP contribution in [0.3, 0.4) is 0 Å². The van der Waals surface area contributed by atoms with Gasteiger partial charge in [-0.25, -0.2) is 0 Å². The number of rotatable bonds is 3. The summed E-state index contributed by atoms with van der Waals surface area (Å²) in [6, 6.07) is 0. The SMILES string of the molecule is C/C=C\CCN=O. The first-order valence-corrected chi connectivity index (χ1v) is 2.32. The van der Waals surface area contributed by atoms with Crippen LogP contribution < -0.4 is 0 Å². The Hall–Kier alpha value is -0.660. The molecule has 0 aromatic rings. The lowest BCUT2D eigenvalue weighted by Gasteiger charge is -1.75. The van der Waals surface area contributed by atoms with Crippen LogP contribution in [0.25, 0.3) is 0 Å². The molecule has 0 aromatic heterocycles. The standard InChI is InChI=1S/C5H9NO/c1-2-3-4-5-6-7/h2-3H,4-5H2,1H3/b3-2-. The molecule has 0 fully saturated rings. The summed E-state index contributed by atoms with van der Waals surface area (Å²) in [6.45, 7) is 2.33. The van der Waals surface area contributed by atoms with Gasteiger partial charge >= 0.3 is 0 Å². The Labute approximate surface area is 43.2 Å². The minimum atomic E-state index is 0.407. The zero-order chi connectivity index (χ0) is 5.54. The Kier molecular flexibility index (Phi) is 4.84. The van der Waals surface area contributed by atoms with Gasteiger partial charge in [-0.15, -0.1) is 0 Å². The van der Waals surface area contributed by atoms with Crippen LogP contribution in [0.2, 0.25) is 0 Å².